The van der Waals surface area contributed by atoms with Crippen LogP contribution in [0, 0.1) is 0 Å². The van der Waals surface area contributed by atoms with E-state index in [0.717, 1.165) is 6.20 Å². The zero-order chi connectivity index (χ0) is 11.6. The predicted molar refractivity (Wildman–Crippen MR) is 50.0 cm³/mol. The summed E-state index contributed by atoms with van der Waals surface area (Å²) in [4.78, 5) is 3.57. The van der Waals surface area contributed by atoms with Gasteiger partial charge in [0.2, 0.25) is 0 Å². The first-order valence-corrected chi connectivity index (χ1v) is 4.61. The highest BCUT2D eigenvalue weighted by Crippen LogP contribution is 2.25. The number of alkyl halides is 3. The lowest BCUT2D eigenvalue weighted by Gasteiger charge is -2.14. The second-order valence-electron chi connectivity index (χ2n) is 2.88. The van der Waals surface area contributed by atoms with E-state index in [0.29, 0.717) is 0 Å². The average molecular weight is 260 g/mol. The Morgan fingerprint density at radius 2 is 2.00 bits per heavy atom. The van der Waals surface area contributed by atoms with Crippen molar-refractivity contribution >= 4 is 23.2 Å². The van der Waals surface area contributed by atoms with Gasteiger partial charge in [-0.15, -0.1) is 0 Å². The van der Waals surface area contributed by atoms with Crippen molar-refractivity contribution < 1.29 is 18.3 Å². The standard InChI is InChI=1S/C8H6Cl2F3NO/c9-5-1-4(3-14-7(5)10)2-6(15)8(11,12)13/h1,3,6,15H,2H2. The summed E-state index contributed by atoms with van der Waals surface area (Å²) in [7, 11) is 0. The zero-order valence-corrected chi connectivity index (χ0v) is 8.74. The van der Waals surface area contributed by atoms with Crippen molar-refractivity contribution in [2.75, 3.05) is 0 Å². The van der Waals surface area contributed by atoms with E-state index in [1.807, 2.05) is 0 Å². The van der Waals surface area contributed by atoms with Crippen molar-refractivity contribution in [2.45, 2.75) is 18.7 Å². The summed E-state index contributed by atoms with van der Waals surface area (Å²) in [6.45, 7) is 0. The van der Waals surface area contributed by atoms with E-state index in [1.165, 1.54) is 6.07 Å². The molecule has 2 nitrogen and oxygen atoms in total. The molecule has 0 amide bonds. The van der Waals surface area contributed by atoms with E-state index in [4.69, 9.17) is 28.3 Å². The molecule has 1 aromatic rings. The maximum absolute atomic E-state index is 12.0. The molecule has 1 unspecified atom stereocenters. The lowest BCUT2D eigenvalue weighted by Crippen LogP contribution is -2.30. The van der Waals surface area contributed by atoms with Gasteiger partial charge in [-0.3, -0.25) is 0 Å². The monoisotopic (exact) mass is 259 g/mol. The SMILES string of the molecule is OC(Cc1cnc(Cl)c(Cl)c1)C(F)(F)F. The Morgan fingerprint density at radius 1 is 1.40 bits per heavy atom. The van der Waals surface area contributed by atoms with Crippen LogP contribution in [0.15, 0.2) is 12.3 Å². The molecule has 84 valence electrons. The molecule has 1 N–H and O–H groups in total. The van der Waals surface area contributed by atoms with Gasteiger partial charge in [0, 0.05) is 12.6 Å². The van der Waals surface area contributed by atoms with E-state index in [1.54, 1.807) is 0 Å². The van der Waals surface area contributed by atoms with Crippen LogP contribution in [0.2, 0.25) is 10.2 Å². The van der Waals surface area contributed by atoms with Gasteiger partial charge in [0.1, 0.15) is 5.15 Å². The van der Waals surface area contributed by atoms with Crippen LogP contribution in [0.25, 0.3) is 0 Å². The van der Waals surface area contributed by atoms with Crippen LogP contribution in [0.5, 0.6) is 0 Å². The Labute approximate surface area is 93.6 Å². The number of nitrogens with zero attached hydrogens (tertiary/aromatic N) is 1. The quantitative estimate of drug-likeness (QED) is 0.829. The molecule has 0 aromatic carbocycles. The molecule has 0 aliphatic heterocycles. The van der Waals surface area contributed by atoms with Crippen LogP contribution >= 0.6 is 23.2 Å². The maximum Gasteiger partial charge on any atom is 0.414 e. The van der Waals surface area contributed by atoms with Crippen LogP contribution in [0.3, 0.4) is 0 Å². The fraction of sp³-hybridized carbons (Fsp3) is 0.375. The third-order valence-electron chi connectivity index (χ3n) is 1.66. The van der Waals surface area contributed by atoms with Gasteiger partial charge in [0.05, 0.1) is 5.02 Å². The number of aliphatic hydroxyl groups excluding tert-OH is 1. The third kappa shape index (κ3) is 3.52. The fourth-order valence-corrected chi connectivity index (χ4v) is 1.20. The number of hydrogen-bond acceptors (Lipinski definition) is 2. The zero-order valence-electron chi connectivity index (χ0n) is 7.22. The first-order chi connectivity index (χ1) is 6.80. The molecule has 7 heteroatoms. The van der Waals surface area contributed by atoms with Gasteiger partial charge in [-0.05, 0) is 11.6 Å². The minimum absolute atomic E-state index is 0.0157. The van der Waals surface area contributed by atoms with Crippen molar-refractivity contribution in [3.63, 3.8) is 0 Å². The van der Waals surface area contributed by atoms with E-state index in [2.05, 4.69) is 4.98 Å². The van der Waals surface area contributed by atoms with Gasteiger partial charge in [-0.2, -0.15) is 13.2 Å². The lowest BCUT2D eigenvalue weighted by atomic mass is 10.1. The largest absolute Gasteiger partial charge is 0.414 e. The van der Waals surface area contributed by atoms with Crippen LogP contribution in [-0.2, 0) is 6.42 Å². The van der Waals surface area contributed by atoms with Gasteiger partial charge < -0.3 is 5.11 Å². The normalized spacial score (nSPS) is 14.0. The molecule has 0 aliphatic rings. The van der Waals surface area contributed by atoms with Gasteiger partial charge >= 0.3 is 6.18 Å². The molecule has 0 saturated carbocycles. The molecule has 0 fully saturated rings. The van der Waals surface area contributed by atoms with Crippen LogP contribution in [0.4, 0.5) is 13.2 Å². The highest BCUT2D eigenvalue weighted by Gasteiger charge is 2.38. The Balaban J connectivity index is 2.78. The summed E-state index contributed by atoms with van der Waals surface area (Å²) in [6.07, 6.45) is -6.51. The van der Waals surface area contributed by atoms with E-state index >= 15 is 0 Å². The number of aliphatic hydroxyl groups is 1. The van der Waals surface area contributed by atoms with Crippen molar-refractivity contribution in [1.29, 1.82) is 0 Å². The first-order valence-electron chi connectivity index (χ1n) is 3.85. The highest BCUT2D eigenvalue weighted by molar-refractivity contribution is 6.41. The molecule has 0 bridgehead atoms. The topological polar surface area (TPSA) is 33.1 Å². The van der Waals surface area contributed by atoms with E-state index < -0.39 is 18.7 Å². The first kappa shape index (κ1) is 12.5. The molecule has 0 aliphatic carbocycles. The smallest absolute Gasteiger partial charge is 0.383 e. The Bertz CT molecular complexity index is 356. The predicted octanol–water partition coefficient (Wildman–Crippen LogP) is 2.85. The van der Waals surface area contributed by atoms with Crippen molar-refractivity contribution in [1.82, 2.24) is 4.98 Å². The Morgan fingerprint density at radius 3 is 2.47 bits per heavy atom. The van der Waals surface area contributed by atoms with Crippen molar-refractivity contribution in [3.8, 4) is 0 Å². The second kappa shape index (κ2) is 4.55. The van der Waals surface area contributed by atoms with Crippen LogP contribution in [0.1, 0.15) is 5.56 Å². The van der Waals surface area contributed by atoms with Gasteiger partial charge in [-0.1, -0.05) is 23.2 Å². The minimum atomic E-state index is -4.65. The molecule has 0 saturated heterocycles. The number of halogens is 5. The minimum Gasteiger partial charge on any atom is -0.383 e. The van der Waals surface area contributed by atoms with Crippen molar-refractivity contribution in [2.24, 2.45) is 0 Å². The summed E-state index contributed by atoms with van der Waals surface area (Å²) >= 11 is 11.0. The van der Waals surface area contributed by atoms with Gasteiger partial charge in [0.25, 0.3) is 0 Å². The maximum atomic E-state index is 12.0. The summed E-state index contributed by atoms with van der Waals surface area (Å²) in [5, 5.41) is 8.84. The summed E-state index contributed by atoms with van der Waals surface area (Å²) in [6, 6.07) is 1.24. The van der Waals surface area contributed by atoms with Crippen LogP contribution < -0.4 is 0 Å². The third-order valence-corrected chi connectivity index (χ3v) is 2.35. The Hall–Kier alpha value is -0.520. The Kier molecular flexibility index (Phi) is 3.81. The van der Waals surface area contributed by atoms with Gasteiger partial charge in [0.15, 0.2) is 6.10 Å². The molecule has 0 spiro atoms. The lowest BCUT2D eigenvalue weighted by molar-refractivity contribution is -0.203. The van der Waals surface area contributed by atoms with Crippen LogP contribution in [-0.4, -0.2) is 22.4 Å². The molecule has 1 rings (SSSR count). The number of aromatic nitrogens is 1. The number of pyridine rings is 1. The fourth-order valence-electron chi connectivity index (χ4n) is 0.911. The van der Waals surface area contributed by atoms with E-state index in [9.17, 15) is 13.2 Å². The summed E-state index contributed by atoms with van der Waals surface area (Å²) < 4.78 is 36.0. The molecular weight excluding hydrogens is 254 g/mol. The highest BCUT2D eigenvalue weighted by atomic mass is 35.5. The average Bonchev–Trinajstić information content (AvgIpc) is 2.10. The summed E-state index contributed by atoms with van der Waals surface area (Å²) in [5.74, 6) is 0. The number of rotatable bonds is 2. The van der Waals surface area contributed by atoms with Gasteiger partial charge in [-0.25, -0.2) is 4.98 Å². The molecule has 1 aromatic heterocycles. The molecule has 15 heavy (non-hydrogen) atoms. The molecule has 1 heterocycles. The molecule has 0 radical (unpaired) electrons. The van der Waals surface area contributed by atoms with E-state index in [-0.39, 0.29) is 15.7 Å². The number of hydrogen-bond donors (Lipinski definition) is 1. The summed E-state index contributed by atoms with van der Waals surface area (Å²) in [5.41, 5.74) is 0.175. The molecular formula is C8H6Cl2F3NO. The molecule has 1 atom stereocenters. The van der Waals surface area contributed by atoms with Crippen molar-refractivity contribution in [3.05, 3.63) is 28.0 Å². The second-order valence-corrected chi connectivity index (χ2v) is 3.64.